The van der Waals surface area contributed by atoms with Crippen molar-refractivity contribution in [1.82, 2.24) is 9.97 Å². The molecule has 18 heavy (non-hydrogen) atoms. The molecule has 0 saturated carbocycles. The molecule has 0 radical (unpaired) electrons. The molecular weight excluding hydrogens is 298 g/mol. The molecule has 1 amide bonds. The number of carbonyl (C=O) groups is 1. The fourth-order valence-corrected chi connectivity index (χ4v) is 1.65. The van der Waals surface area contributed by atoms with Gasteiger partial charge in [0.25, 0.3) is 5.91 Å². The number of nitrogens with one attached hydrogen (secondary N) is 2. The number of hydrogen-bond acceptors (Lipinski definition) is 5. The molecule has 2 aromatic rings. The second-order valence-electron chi connectivity index (χ2n) is 3.37. The summed E-state index contributed by atoms with van der Waals surface area (Å²) < 4.78 is 0.798. The summed E-state index contributed by atoms with van der Waals surface area (Å²) in [5.74, 6) is 5.22. The summed E-state index contributed by atoms with van der Waals surface area (Å²) in [5, 5.41) is 2.72. The molecule has 4 N–H and O–H groups in total. The van der Waals surface area contributed by atoms with Crippen LogP contribution in [0.4, 0.5) is 11.5 Å². The molecule has 1 heterocycles. The number of aromatic nitrogens is 2. The molecule has 0 aliphatic heterocycles. The third-order valence-electron chi connectivity index (χ3n) is 2.15. The second-order valence-corrected chi connectivity index (χ2v) is 4.22. The maximum Gasteiger partial charge on any atom is 0.275 e. The lowest BCUT2D eigenvalue weighted by atomic mass is 10.3. The number of rotatable bonds is 3. The van der Waals surface area contributed by atoms with Crippen LogP contribution in [0.3, 0.4) is 0 Å². The zero-order chi connectivity index (χ0) is 13.0. The Labute approximate surface area is 112 Å². The van der Waals surface area contributed by atoms with E-state index in [1.165, 1.54) is 12.4 Å². The Morgan fingerprint density at radius 2 is 2.00 bits per heavy atom. The average molecular weight is 308 g/mol. The van der Waals surface area contributed by atoms with Crippen molar-refractivity contribution < 1.29 is 4.79 Å². The minimum absolute atomic E-state index is 0.213. The van der Waals surface area contributed by atoms with Gasteiger partial charge in [-0.2, -0.15) is 0 Å². The molecule has 0 aliphatic carbocycles. The first kappa shape index (κ1) is 12.5. The number of anilines is 2. The summed E-state index contributed by atoms with van der Waals surface area (Å²) in [7, 11) is 0. The first-order valence-electron chi connectivity index (χ1n) is 5.05. The topological polar surface area (TPSA) is 92.9 Å². The summed E-state index contributed by atoms with van der Waals surface area (Å²) in [6.45, 7) is 0. The number of amides is 1. The lowest BCUT2D eigenvalue weighted by Gasteiger charge is -2.06. The Morgan fingerprint density at radius 3 is 2.61 bits per heavy atom. The van der Waals surface area contributed by atoms with Crippen LogP contribution < -0.4 is 16.6 Å². The summed E-state index contributed by atoms with van der Waals surface area (Å²) in [6, 6.07) is 7.31. The number of halogens is 1. The molecule has 0 bridgehead atoms. The van der Waals surface area contributed by atoms with Gasteiger partial charge < -0.3 is 10.7 Å². The minimum Gasteiger partial charge on any atom is -0.320 e. The predicted molar refractivity (Wildman–Crippen MR) is 71.9 cm³/mol. The fourth-order valence-electron chi connectivity index (χ4n) is 1.27. The first-order chi connectivity index (χ1) is 8.70. The molecule has 1 aromatic heterocycles. The van der Waals surface area contributed by atoms with Crippen LogP contribution in [-0.2, 0) is 0 Å². The van der Waals surface area contributed by atoms with Crippen molar-refractivity contribution in [1.29, 1.82) is 0 Å². The van der Waals surface area contributed by atoms with Crippen LogP contribution in [0.5, 0.6) is 0 Å². The highest BCUT2D eigenvalue weighted by Crippen LogP contribution is 2.21. The zero-order valence-electron chi connectivity index (χ0n) is 9.22. The molecule has 0 unspecified atom stereocenters. The van der Waals surface area contributed by atoms with Crippen LogP contribution in [0.15, 0.2) is 41.1 Å². The van der Waals surface area contributed by atoms with E-state index >= 15 is 0 Å². The van der Waals surface area contributed by atoms with Crippen molar-refractivity contribution in [3.8, 4) is 0 Å². The molecule has 6 nitrogen and oxygen atoms in total. The SMILES string of the molecule is NNc1cnc(C(=O)Nc2ccccc2Br)cn1. The Morgan fingerprint density at radius 1 is 1.22 bits per heavy atom. The third kappa shape index (κ3) is 2.82. The lowest BCUT2D eigenvalue weighted by molar-refractivity contribution is 0.102. The molecule has 1 aromatic carbocycles. The van der Waals surface area contributed by atoms with Gasteiger partial charge in [0.05, 0.1) is 18.1 Å². The van der Waals surface area contributed by atoms with E-state index in [0.29, 0.717) is 11.5 Å². The van der Waals surface area contributed by atoms with Crippen LogP contribution in [0.2, 0.25) is 0 Å². The highest BCUT2D eigenvalue weighted by Gasteiger charge is 2.09. The van der Waals surface area contributed by atoms with Gasteiger partial charge in [0.2, 0.25) is 0 Å². The lowest BCUT2D eigenvalue weighted by Crippen LogP contribution is -2.15. The van der Waals surface area contributed by atoms with Gasteiger partial charge in [-0.3, -0.25) is 4.79 Å². The summed E-state index contributed by atoms with van der Waals surface area (Å²) >= 11 is 3.34. The standard InChI is InChI=1S/C11H10BrN5O/c12-7-3-1-2-4-8(7)16-11(18)9-5-15-10(17-13)6-14-9/h1-6H,13H2,(H,15,17)(H,16,18). The molecule has 7 heteroatoms. The van der Waals surface area contributed by atoms with Gasteiger partial charge in [-0.25, -0.2) is 15.8 Å². The first-order valence-corrected chi connectivity index (χ1v) is 5.84. The Bertz CT molecular complexity index is 558. The van der Waals surface area contributed by atoms with Crippen molar-refractivity contribution >= 4 is 33.3 Å². The number of benzene rings is 1. The van der Waals surface area contributed by atoms with E-state index in [-0.39, 0.29) is 11.6 Å². The number of hydrogen-bond donors (Lipinski definition) is 3. The van der Waals surface area contributed by atoms with Crippen molar-refractivity contribution in [2.24, 2.45) is 5.84 Å². The molecule has 0 saturated heterocycles. The highest BCUT2D eigenvalue weighted by molar-refractivity contribution is 9.10. The normalized spacial score (nSPS) is 9.89. The molecule has 92 valence electrons. The van der Waals surface area contributed by atoms with E-state index in [4.69, 9.17) is 5.84 Å². The van der Waals surface area contributed by atoms with Gasteiger partial charge in [-0.15, -0.1) is 0 Å². The van der Waals surface area contributed by atoms with Gasteiger partial charge >= 0.3 is 0 Å². The Hall–Kier alpha value is -1.99. The maximum absolute atomic E-state index is 11.9. The largest absolute Gasteiger partial charge is 0.320 e. The highest BCUT2D eigenvalue weighted by atomic mass is 79.9. The van der Waals surface area contributed by atoms with Gasteiger partial charge in [0.1, 0.15) is 5.69 Å². The van der Waals surface area contributed by atoms with E-state index in [1.807, 2.05) is 18.2 Å². The smallest absolute Gasteiger partial charge is 0.275 e. The quantitative estimate of drug-likeness (QED) is 0.593. The van der Waals surface area contributed by atoms with Crippen LogP contribution in [-0.4, -0.2) is 15.9 Å². The number of nitrogens with two attached hydrogens (primary N) is 1. The van der Waals surface area contributed by atoms with Crippen LogP contribution >= 0.6 is 15.9 Å². The molecule has 0 atom stereocenters. The van der Waals surface area contributed by atoms with Crippen molar-refractivity contribution in [3.05, 3.63) is 46.8 Å². The van der Waals surface area contributed by atoms with Gasteiger partial charge in [0, 0.05) is 4.47 Å². The van der Waals surface area contributed by atoms with Crippen molar-refractivity contribution in [2.75, 3.05) is 10.7 Å². The molecule has 0 aliphatic rings. The fraction of sp³-hybridized carbons (Fsp3) is 0. The molecule has 0 fully saturated rings. The van der Waals surface area contributed by atoms with Crippen molar-refractivity contribution in [3.63, 3.8) is 0 Å². The summed E-state index contributed by atoms with van der Waals surface area (Å²) in [6.07, 6.45) is 2.73. The zero-order valence-corrected chi connectivity index (χ0v) is 10.8. The number of nitrogens with zero attached hydrogens (tertiary/aromatic N) is 2. The van der Waals surface area contributed by atoms with Crippen LogP contribution in [0.25, 0.3) is 0 Å². The van der Waals surface area contributed by atoms with Gasteiger partial charge in [-0.1, -0.05) is 12.1 Å². The number of carbonyl (C=O) groups excluding carboxylic acids is 1. The van der Waals surface area contributed by atoms with Gasteiger partial charge in [-0.05, 0) is 28.1 Å². The van der Waals surface area contributed by atoms with E-state index in [0.717, 1.165) is 4.47 Å². The molecule has 0 spiro atoms. The minimum atomic E-state index is -0.335. The third-order valence-corrected chi connectivity index (χ3v) is 2.85. The van der Waals surface area contributed by atoms with Crippen LogP contribution in [0, 0.1) is 0 Å². The monoisotopic (exact) mass is 307 g/mol. The maximum atomic E-state index is 11.9. The van der Waals surface area contributed by atoms with E-state index in [9.17, 15) is 4.79 Å². The van der Waals surface area contributed by atoms with Crippen molar-refractivity contribution in [2.45, 2.75) is 0 Å². The molecular formula is C11H10BrN5O. The Kier molecular flexibility index (Phi) is 3.85. The summed E-state index contributed by atoms with van der Waals surface area (Å²) in [4.78, 5) is 19.7. The van der Waals surface area contributed by atoms with E-state index in [2.05, 4.69) is 36.6 Å². The predicted octanol–water partition coefficient (Wildman–Crippen LogP) is 1.78. The van der Waals surface area contributed by atoms with Crippen LogP contribution in [0.1, 0.15) is 10.5 Å². The number of para-hydroxylation sites is 1. The number of nitrogen functional groups attached to an aromatic ring is 1. The average Bonchev–Trinajstić information content (AvgIpc) is 2.41. The van der Waals surface area contributed by atoms with E-state index < -0.39 is 0 Å². The van der Waals surface area contributed by atoms with E-state index in [1.54, 1.807) is 6.07 Å². The van der Waals surface area contributed by atoms with Gasteiger partial charge in [0.15, 0.2) is 5.82 Å². The number of hydrazine groups is 1. The Balaban J connectivity index is 2.14. The summed E-state index contributed by atoms with van der Waals surface area (Å²) in [5.41, 5.74) is 3.22. The molecule has 2 rings (SSSR count). The second kappa shape index (κ2) is 5.56.